The Bertz CT molecular complexity index is 692. The highest BCUT2D eigenvalue weighted by molar-refractivity contribution is 6.51. The first-order valence-corrected chi connectivity index (χ1v) is 8.90. The van der Waals surface area contributed by atoms with E-state index in [2.05, 4.69) is 13.8 Å². The summed E-state index contributed by atoms with van der Waals surface area (Å²) in [6, 6.07) is 0. The molecule has 3 rings (SSSR count). The molecule has 0 aromatic rings. The molecule has 0 aliphatic heterocycles. The van der Waals surface area contributed by atoms with Gasteiger partial charge in [-0.1, -0.05) is 40.2 Å². The summed E-state index contributed by atoms with van der Waals surface area (Å²) in [4.78, 5) is 37.9. The van der Waals surface area contributed by atoms with Crippen LogP contribution in [0.25, 0.3) is 0 Å². The molecule has 0 bridgehead atoms. The van der Waals surface area contributed by atoms with Crippen LogP contribution in [-0.4, -0.2) is 22.6 Å². The molecular weight excluding hydrogens is 304 g/mol. The molecule has 0 amide bonds. The molecule has 4 heteroatoms. The second-order valence-corrected chi connectivity index (χ2v) is 8.52. The Morgan fingerprint density at radius 1 is 1.21 bits per heavy atom. The Morgan fingerprint density at radius 3 is 2.46 bits per heavy atom. The molecule has 2 atom stereocenters. The van der Waals surface area contributed by atoms with Crippen molar-refractivity contribution in [2.24, 2.45) is 22.7 Å². The van der Waals surface area contributed by atoms with Crippen molar-refractivity contribution in [3.8, 4) is 0 Å². The molecule has 24 heavy (non-hydrogen) atoms. The summed E-state index contributed by atoms with van der Waals surface area (Å²) < 4.78 is 0. The molecule has 1 saturated carbocycles. The van der Waals surface area contributed by atoms with Gasteiger partial charge in [0.25, 0.3) is 0 Å². The van der Waals surface area contributed by atoms with E-state index in [1.54, 1.807) is 0 Å². The predicted molar refractivity (Wildman–Crippen MR) is 90.4 cm³/mol. The number of carboxylic acids is 1. The Hall–Kier alpha value is -1.71. The van der Waals surface area contributed by atoms with Crippen molar-refractivity contribution < 1.29 is 19.5 Å². The molecule has 0 radical (unpaired) electrons. The summed E-state index contributed by atoms with van der Waals surface area (Å²) in [5.74, 6) is -2.14. The first-order valence-electron chi connectivity index (χ1n) is 8.90. The number of aliphatic carboxylic acids is 1. The number of carboxylic acid groups (broad SMARTS) is 1. The van der Waals surface area contributed by atoms with E-state index < -0.39 is 23.0 Å². The highest BCUT2D eigenvalue weighted by Gasteiger charge is 2.60. The number of rotatable bonds is 2. The maximum atomic E-state index is 12.9. The Balaban J connectivity index is 2.25. The van der Waals surface area contributed by atoms with Crippen molar-refractivity contribution in [3.63, 3.8) is 0 Å². The normalized spacial score (nSPS) is 32.4. The molecule has 3 aliphatic rings. The molecule has 4 nitrogen and oxygen atoms in total. The second-order valence-electron chi connectivity index (χ2n) is 8.52. The van der Waals surface area contributed by atoms with Gasteiger partial charge in [0.1, 0.15) is 5.41 Å². The summed E-state index contributed by atoms with van der Waals surface area (Å²) in [5, 5.41) is 10.2. The molecule has 0 aromatic carbocycles. The lowest BCUT2D eigenvalue weighted by atomic mass is 9.48. The molecule has 0 aromatic heterocycles. The van der Waals surface area contributed by atoms with Crippen LogP contribution < -0.4 is 0 Å². The van der Waals surface area contributed by atoms with Crippen molar-refractivity contribution in [2.45, 2.75) is 59.8 Å². The number of fused-ring (bicyclic) bond motifs is 2. The SMILES string of the molecule is CC(C)C1=CC2=C(C(=O)C1=O)[C@@]1(C(=O)O)CCCC(C)(C)[C@@H]1CC2. The van der Waals surface area contributed by atoms with Crippen LogP contribution in [0.15, 0.2) is 22.8 Å². The Morgan fingerprint density at radius 2 is 1.88 bits per heavy atom. The molecular formula is C20H26O4. The van der Waals surface area contributed by atoms with Gasteiger partial charge >= 0.3 is 5.97 Å². The number of hydrogen-bond donors (Lipinski definition) is 1. The van der Waals surface area contributed by atoms with E-state index in [1.807, 2.05) is 19.9 Å². The fourth-order valence-corrected chi connectivity index (χ4v) is 5.27. The molecule has 0 heterocycles. The number of hydrogen-bond acceptors (Lipinski definition) is 3. The highest BCUT2D eigenvalue weighted by atomic mass is 16.4. The maximum absolute atomic E-state index is 12.9. The van der Waals surface area contributed by atoms with Gasteiger partial charge in [-0.15, -0.1) is 0 Å². The number of allylic oxidation sites excluding steroid dienone is 3. The summed E-state index contributed by atoms with van der Waals surface area (Å²) >= 11 is 0. The van der Waals surface area contributed by atoms with Crippen LogP contribution in [0.2, 0.25) is 0 Å². The van der Waals surface area contributed by atoms with E-state index in [0.717, 1.165) is 24.8 Å². The van der Waals surface area contributed by atoms with Gasteiger partial charge in [-0.05, 0) is 48.5 Å². The molecule has 3 aliphatic carbocycles. The average Bonchev–Trinajstić information content (AvgIpc) is 2.49. The first kappa shape index (κ1) is 17.1. The lowest BCUT2D eigenvalue weighted by Crippen LogP contribution is -2.54. The minimum atomic E-state index is -1.19. The van der Waals surface area contributed by atoms with Gasteiger partial charge in [-0.2, -0.15) is 0 Å². The maximum Gasteiger partial charge on any atom is 0.314 e. The van der Waals surface area contributed by atoms with Crippen molar-refractivity contribution >= 4 is 17.5 Å². The number of Topliss-reactive ketones (excluding diaryl/α,β-unsaturated/α-hetero) is 2. The molecule has 0 saturated heterocycles. The van der Waals surface area contributed by atoms with Crippen molar-refractivity contribution in [3.05, 3.63) is 22.8 Å². The summed E-state index contributed by atoms with van der Waals surface area (Å²) in [6.07, 6.45) is 5.46. The molecule has 0 unspecified atom stereocenters. The highest BCUT2D eigenvalue weighted by Crippen LogP contribution is 2.60. The zero-order chi connectivity index (χ0) is 17.9. The van der Waals surface area contributed by atoms with Crippen LogP contribution >= 0.6 is 0 Å². The van der Waals surface area contributed by atoms with Crippen LogP contribution in [0.5, 0.6) is 0 Å². The fraction of sp³-hybridized carbons (Fsp3) is 0.650. The van der Waals surface area contributed by atoms with E-state index in [1.165, 1.54) is 0 Å². The Kier molecular flexibility index (Phi) is 3.85. The van der Waals surface area contributed by atoms with Crippen molar-refractivity contribution in [1.82, 2.24) is 0 Å². The van der Waals surface area contributed by atoms with Crippen LogP contribution in [0, 0.1) is 22.7 Å². The zero-order valence-electron chi connectivity index (χ0n) is 14.9. The predicted octanol–water partition coefficient (Wildman–Crippen LogP) is 3.71. The van der Waals surface area contributed by atoms with Crippen LogP contribution in [-0.2, 0) is 14.4 Å². The van der Waals surface area contributed by atoms with Crippen LogP contribution in [0.4, 0.5) is 0 Å². The summed E-state index contributed by atoms with van der Waals surface area (Å²) in [5.41, 5.74) is 0.280. The van der Waals surface area contributed by atoms with Crippen LogP contribution in [0.3, 0.4) is 0 Å². The van der Waals surface area contributed by atoms with Crippen molar-refractivity contribution in [2.75, 3.05) is 0 Å². The minimum absolute atomic E-state index is 0.0307. The van der Waals surface area contributed by atoms with Gasteiger partial charge in [0, 0.05) is 11.1 Å². The number of ketones is 2. The largest absolute Gasteiger partial charge is 0.481 e. The Labute approximate surface area is 143 Å². The van der Waals surface area contributed by atoms with Gasteiger partial charge in [0.05, 0.1) is 0 Å². The van der Waals surface area contributed by atoms with E-state index in [-0.39, 0.29) is 17.3 Å². The monoisotopic (exact) mass is 330 g/mol. The van der Waals surface area contributed by atoms with Gasteiger partial charge in [0.2, 0.25) is 11.6 Å². The number of carbonyl (C=O) groups is 3. The zero-order valence-corrected chi connectivity index (χ0v) is 14.9. The molecule has 1 fully saturated rings. The van der Waals surface area contributed by atoms with E-state index in [4.69, 9.17) is 0 Å². The second kappa shape index (κ2) is 5.40. The lowest BCUT2D eigenvalue weighted by molar-refractivity contribution is -0.159. The smallest absolute Gasteiger partial charge is 0.314 e. The van der Waals surface area contributed by atoms with Gasteiger partial charge in [0.15, 0.2) is 0 Å². The standard InChI is InChI=1S/C20H26O4/c1-11(2)13-10-12-6-7-14-19(3,4)8-5-9-20(14,18(23)24)15(12)17(22)16(13)21/h10-11,14H,5-9H2,1-4H3,(H,23,24)/t14-,20+/m0/s1. The topological polar surface area (TPSA) is 71.4 Å². The summed E-state index contributed by atoms with van der Waals surface area (Å²) in [6.45, 7) is 7.99. The molecule has 1 N–H and O–H groups in total. The summed E-state index contributed by atoms with van der Waals surface area (Å²) in [7, 11) is 0. The van der Waals surface area contributed by atoms with Crippen molar-refractivity contribution in [1.29, 1.82) is 0 Å². The van der Waals surface area contributed by atoms with E-state index in [0.29, 0.717) is 24.0 Å². The minimum Gasteiger partial charge on any atom is -0.481 e. The van der Waals surface area contributed by atoms with Gasteiger partial charge < -0.3 is 5.11 Å². The third-order valence-corrected chi connectivity index (χ3v) is 6.43. The van der Waals surface area contributed by atoms with Crippen LogP contribution in [0.1, 0.15) is 59.8 Å². The first-order chi connectivity index (χ1) is 11.1. The fourth-order valence-electron chi connectivity index (χ4n) is 5.27. The van der Waals surface area contributed by atoms with E-state index >= 15 is 0 Å². The third-order valence-electron chi connectivity index (χ3n) is 6.43. The average molecular weight is 330 g/mol. The lowest BCUT2D eigenvalue weighted by Gasteiger charge is -2.53. The third kappa shape index (κ3) is 2.15. The number of carbonyl (C=O) groups excluding carboxylic acids is 2. The molecule has 0 spiro atoms. The van der Waals surface area contributed by atoms with Gasteiger partial charge in [-0.3, -0.25) is 14.4 Å². The van der Waals surface area contributed by atoms with Gasteiger partial charge in [-0.25, -0.2) is 0 Å². The van der Waals surface area contributed by atoms with E-state index in [9.17, 15) is 19.5 Å². The quantitative estimate of drug-likeness (QED) is 0.619. The molecule has 130 valence electrons.